The average Bonchev–Trinajstić information content (AvgIpc) is 2.03. The van der Waals surface area contributed by atoms with Gasteiger partial charge in [0.25, 0.3) is 10.0 Å². The largest absolute Gasteiger partial charge is 0.258 e. The molecule has 0 fully saturated rings. The van der Waals surface area contributed by atoms with Gasteiger partial charge in [-0.1, -0.05) is 6.08 Å². The van der Waals surface area contributed by atoms with Gasteiger partial charge in [-0.2, -0.15) is 4.40 Å². The third-order valence-electron chi connectivity index (χ3n) is 2.13. The Morgan fingerprint density at radius 2 is 2.00 bits per heavy atom. The molecule has 0 N–H and O–H groups in total. The Hall–Kier alpha value is -0.640. The summed E-state index contributed by atoms with van der Waals surface area (Å²) in [6, 6.07) is 0. The third-order valence-corrected chi connectivity index (χ3v) is 4.15. The molecule has 0 spiro atoms. The Labute approximate surface area is 86.0 Å². The van der Waals surface area contributed by atoms with Crippen LogP contribution in [-0.4, -0.2) is 18.9 Å². The Morgan fingerprint density at radius 1 is 1.36 bits per heavy atom. The van der Waals surface area contributed by atoms with E-state index in [-0.39, 0.29) is 0 Å². The van der Waals surface area contributed by atoms with Crippen LogP contribution in [0.5, 0.6) is 0 Å². The van der Waals surface area contributed by atoms with Crippen molar-refractivity contribution in [2.75, 3.05) is 0 Å². The van der Waals surface area contributed by atoms with Crippen LogP contribution in [-0.2, 0) is 10.0 Å². The molecule has 0 saturated heterocycles. The van der Waals surface area contributed by atoms with Crippen LogP contribution in [0.4, 0.5) is 0 Å². The molecule has 1 aliphatic carbocycles. The van der Waals surface area contributed by atoms with Crippen molar-refractivity contribution in [1.29, 1.82) is 0 Å². The molecule has 80 valence electrons. The molecule has 14 heavy (non-hydrogen) atoms. The van der Waals surface area contributed by atoms with Crippen molar-refractivity contribution in [1.82, 2.24) is 0 Å². The van der Waals surface area contributed by atoms with Crippen LogP contribution >= 0.6 is 0 Å². The van der Waals surface area contributed by atoms with E-state index >= 15 is 0 Å². The summed E-state index contributed by atoms with van der Waals surface area (Å²) < 4.78 is 26.4. The number of nitrogens with zero attached hydrogens (tertiary/aromatic N) is 1. The minimum absolute atomic E-state index is 0.686. The van der Waals surface area contributed by atoms with Gasteiger partial charge in [0, 0.05) is 0 Å². The van der Waals surface area contributed by atoms with E-state index in [0.29, 0.717) is 5.71 Å². The quantitative estimate of drug-likeness (QED) is 0.673. The summed E-state index contributed by atoms with van der Waals surface area (Å²) in [5, 5.41) is 0. The van der Waals surface area contributed by atoms with Crippen LogP contribution in [0.1, 0.15) is 40.0 Å². The molecule has 1 rings (SSSR count). The lowest BCUT2D eigenvalue weighted by molar-refractivity contribution is 0.562. The van der Waals surface area contributed by atoms with Crippen LogP contribution in [0.15, 0.2) is 16.5 Å². The topological polar surface area (TPSA) is 46.5 Å². The summed E-state index contributed by atoms with van der Waals surface area (Å²) in [6.07, 6.45) is 6.57. The maximum absolute atomic E-state index is 11.7. The minimum Gasteiger partial charge on any atom is -0.204 e. The summed E-state index contributed by atoms with van der Waals surface area (Å²) in [6.45, 7) is 5.00. The highest BCUT2D eigenvalue weighted by Crippen LogP contribution is 2.19. The molecule has 0 unspecified atom stereocenters. The van der Waals surface area contributed by atoms with Crippen molar-refractivity contribution in [3.05, 3.63) is 12.2 Å². The smallest absolute Gasteiger partial charge is 0.204 e. The van der Waals surface area contributed by atoms with Crippen molar-refractivity contribution in [2.45, 2.75) is 44.8 Å². The van der Waals surface area contributed by atoms with Gasteiger partial charge in [0.2, 0.25) is 0 Å². The predicted molar refractivity (Wildman–Crippen MR) is 59.1 cm³/mol. The van der Waals surface area contributed by atoms with E-state index in [1.54, 1.807) is 20.8 Å². The first-order chi connectivity index (χ1) is 6.33. The lowest BCUT2D eigenvalue weighted by Gasteiger charge is -2.16. The molecule has 0 radical (unpaired) electrons. The van der Waals surface area contributed by atoms with Crippen LogP contribution < -0.4 is 0 Å². The monoisotopic (exact) mass is 215 g/mol. The lowest BCUT2D eigenvalue weighted by atomic mass is 10.1. The average molecular weight is 215 g/mol. The number of hydrogen-bond acceptors (Lipinski definition) is 2. The maximum Gasteiger partial charge on any atom is 0.258 e. The summed E-state index contributed by atoms with van der Waals surface area (Å²) in [4.78, 5) is 0. The van der Waals surface area contributed by atoms with Crippen LogP contribution in [0.3, 0.4) is 0 Å². The van der Waals surface area contributed by atoms with Crippen LogP contribution in [0, 0.1) is 0 Å². The highest BCUT2D eigenvalue weighted by atomic mass is 32.2. The van der Waals surface area contributed by atoms with Gasteiger partial charge in [-0.3, -0.25) is 0 Å². The molecule has 4 heteroatoms. The van der Waals surface area contributed by atoms with E-state index < -0.39 is 14.8 Å². The van der Waals surface area contributed by atoms with Gasteiger partial charge in [0.05, 0.1) is 10.5 Å². The highest BCUT2D eigenvalue weighted by molar-refractivity contribution is 7.91. The van der Waals surface area contributed by atoms with E-state index in [0.717, 1.165) is 19.3 Å². The molecule has 0 saturated carbocycles. The summed E-state index contributed by atoms with van der Waals surface area (Å²) in [5.74, 6) is 0. The summed E-state index contributed by atoms with van der Waals surface area (Å²) in [7, 11) is -3.36. The first-order valence-corrected chi connectivity index (χ1v) is 6.27. The van der Waals surface area contributed by atoms with E-state index in [1.165, 1.54) is 0 Å². The number of allylic oxidation sites excluding steroid dienone is 2. The fourth-order valence-corrected chi connectivity index (χ4v) is 1.81. The van der Waals surface area contributed by atoms with Gasteiger partial charge in [0.15, 0.2) is 0 Å². The van der Waals surface area contributed by atoms with Gasteiger partial charge in [-0.15, -0.1) is 0 Å². The molecule has 0 aromatic rings. The normalized spacial score (nSPS) is 21.5. The van der Waals surface area contributed by atoms with Gasteiger partial charge in [-0.05, 0) is 46.1 Å². The Kier molecular flexibility index (Phi) is 3.14. The molecule has 0 bridgehead atoms. The van der Waals surface area contributed by atoms with E-state index in [4.69, 9.17) is 0 Å². The standard InChI is InChI=1S/C10H17NO2S/c1-10(2,3)14(12,13)11-9-7-5-4-6-8-9/h5,7H,4,6,8H2,1-3H3. The van der Waals surface area contributed by atoms with E-state index in [1.807, 2.05) is 12.2 Å². The van der Waals surface area contributed by atoms with Crippen molar-refractivity contribution in [2.24, 2.45) is 4.40 Å². The van der Waals surface area contributed by atoms with Gasteiger partial charge in [0.1, 0.15) is 0 Å². The third kappa shape index (κ3) is 2.67. The zero-order chi connectivity index (χ0) is 10.8. The number of rotatable bonds is 1. The number of sulfonamides is 1. The highest BCUT2D eigenvalue weighted by Gasteiger charge is 2.28. The summed E-state index contributed by atoms with van der Waals surface area (Å²) >= 11 is 0. The minimum atomic E-state index is -3.36. The molecule has 0 amide bonds. The van der Waals surface area contributed by atoms with Crippen molar-refractivity contribution < 1.29 is 8.42 Å². The SMILES string of the molecule is CC(C)(C)S(=O)(=O)N=C1C=CCCC1. The molecule has 1 aliphatic rings. The van der Waals surface area contributed by atoms with Crippen LogP contribution in [0.2, 0.25) is 0 Å². The fraction of sp³-hybridized carbons (Fsp3) is 0.700. The van der Waals surface area contributed by atoms with Gasteiger partial charge >= 0.3 is 0 Å². The molecule has 0 aromatic heterocycles. The Bertz CT molecular complexity index is 358. The zero-order valence-corrected chi connectivity index (χ0v) is 9.76. The second-order valence-corrected chi connectivity index (χ2v) is 6.82. The molecule has 3 nitrogen and oxygen atoms in total. The second kappa shape index (κ2) is 3.85. The Balaban J connectivity index is 2.97. The van der Waals surface area contributed by atoms with Crippen molar-refractivity contribution >= 4 is 15.7 Å². The fourth-order valence-electron chi connectivity index (χ4n) is 1.07. The zero-order valence-electron chi connectivity index (χ0n) is 8.95. The first kappa shape index (κ1) is 11.4. The molecular weight excluding hydrogens is 198 g/mol. The van der Waals surface area contributed by atoms with Crippen molar-refractivity contribution in [3.63, 3.8) is 0 Å². The van der Waals surface area contributed by atoms with Crippen LogP contribution in [0.25, 0.3) is 0 Å². The van der Waals surface area contributed by atoms with E-state index in [2.05, 4.69) is 4.40 Å². The molecule has 0 aliphatic heterocycles. The van der Waals surface area contributed by atoms with Crippen molar-refractivity contribution in [3.8, 4) is 0 Å². The van der Waals surface area contributed by atoms with Gasteiger partial charge in [-0.25, -0.2) is 8.42 Å². The predicted octanol–water partition coefficient (Wildman–Crippen LogP) is 2.30. The van der Waals surface area contributed by atoms with E-state index in [9.17, 15) is 8.42 Å². The number of hydrogen-bond donors (Lipinski definition) is 0. The first-order valence-electron chi connectivity index (χ1n) is 4.83. The molecule has 0 heterocycles. The molecule has 0 aromatic carbocycles. The van der Waals surface area contributed by atoms with Gasteiger partial charge < -0.3 is 0 Å². The molecular formula is C10H17NO2S. The Morgan fingerprint density at radius 3 is 2.43 bits per heavy atom. The summed E-state index contributed by atoms with van der Waals surface area (Å²) in [5.41, 5.74) is 0.686. The molecule has 0 atom stereocenters. The maximum atomic E-state index is 11.7. The second-order valence-electron chi connectivity index (χ2n) is 4.46. The lowest BCUT2D eigenvalue weighted by Crippen LogP contribution is -2.26.